The van der Waals surface area contributed by atoms with E-state index in [0.717, 1.165) is 6.92 Å². The Labute approximate surface area is 98.5 Å². The highest BCUT2D eigenvalue weighted by atomic mass is 19.4. The molecule has 0 aliphatic rings. The molecule has 0 bridgehead atoms. The molecule has 12 heteroatoms. The number of hydrogen-bond donors (Lipinski definition) is 0. The summed E-state index contributed by atoms with van der Waals surface area (Å²) in [6.07, 6.45) is -20.6. The predicted octanol–water partition coefficient (Wildman–Crippen LogP) is 3.21. The van der Waals surface area contributed by atoms with Crippen molar-refractivity contribution in [3.63, 3.8) is 0 Å². The third-order valence-corrected chi connectivity index (χ3v) is 1.82. The van der Waals surface area contributed by atoms with E-state index in [1.54, 1.807) is 0 Å². The van der Waals surface area contributed by atoms with Gasteiger partial charge in [-0.2, -0.15) is 39.5 Å². The van der Waals surface area contributed by atoms with Crippen molar-refractivity contribution >= 4 is 12.2 Å². The molecule has 0 heterocycles. The molecule has 0 aromatic rings. The lowest BCUT2D eigenvalue weighted by molar-refractivity contribution is -0.412. The molecule has 0 aliphatic heterocycles. The summed E-state index contributed by atoms with van der Waals surface area (Å²) in [6.45, 7) is 0.893. The van der Waals surface area contributed by atoms with Crippen molar-refractivity contribution in [2.75, 3.05) is 0 Å². The standard InChI is InChI=1S/C7H4F9NO2/c1-2-17-19-3(18)4(5(8,9)10,6(11,12)13)7(14,15)16/h2H,1H3. The van der Waals surface area contributed by atoms with Gasteiger partial charge < -0.3 is 4.84 Å². The molecule has 0 fully saturated rings. The first-order valence-corrected chi connectivity index (χ1v) is 4.13. The van der Waals surface area contributed by atoms with Crippen LogP contribution in [0.5, 0.6) is 0 Å². The molecule has 112 valence electrons. The van der Waals surface area contributed by atoms with E-state index in [9.17, 15) is 44.3 Å². The van der Waals surface area contributed by atoms with Crippen molar-refractivity contribution in [1.29, 1.82) is 0 Å². The molecule has 0 atom stereocenters. The van der Waals surface area contributed by atoms with Crippen LogP contribution in [0.4, 0.5) is 39.5 Å². The van der Waals surface area contributed by atoms with E-state index in [1.807, 2.05) is 0 Å². The zero-order chi connectivity index (χ0) is 15.7. The SMILES string of the molecule is CC=NOC(=O)C(C(F)(F)F)(C(F)(F)F)C(F)(F)F. The second-order valence-electron chi connectivity index (χ2n) is 2.99. The summed E-state index contributed by atoms with van der Waals surface area (Å²) >= 11 is 0. The molecule has 0 aromatic heterocycles. The lowest BCUT2D eigenvalue weighted by Crippen LogP contribution is -2.64. The third-order valence-electron chi connectivity index (χ3n) is 1.82. The maximum absolute atomic E-state index is 12.3. The Kier molecular flexibility index (Phi) is 4.50. The fourth-order valence-electron chi connectivity index (χ4n) is 0.998. The largest absolute Gasteiger partial charge is 0.423 e. The monoisotopic (exact) mass is 305 g/mol. The van der Waals surface area contributed by atoms with Crippen LogP contribution >= 0.6 is 0 Å². The van der Waals surface area contributed by atoms with E-state index in [0.29, 0.717) is 6.21 Å². The highest BCUT2D eigenvalue weighted by Crippen LogP contribution is 2.59. The van der Waals surface area contributed by atoms with Crippen molar-refractivity contribution in [3.05, 3.63) is 0 Å². The molecular formula is C7H4F9NO2. The second kappa shape index (κ2) is 4.89. The summed E-state index contributed by atoms with van der Waals surface area (Å²) in [5, 5.41) is 2.20. The molecule has 0 N–H and O–H groups in total. The second-order valence-corrected chi connectivity index (χ2v) is 2.99. The molecule has 3 nitrogen and oxygen atoms in total. The average Bonchev–Trinajstić information content (AvgIpc) is 2.07. The van der Waals surface area contributed by atoms with Crippen LogP contribution in [0.2, 0.25) is 0 Å². The number of alkyl halides is 9. The van der Waals surface area contributed by atoms with Crippen molar-refractivity contribution in [3.8, 4) is 0 Å². The van der Waals surface area contributed by atoms with Crippen LogP contribution in [0.25, 0.3) is 0 Å². The van der Waals surface area contributed by atoms with E-state index in [4.69, 9.17) is 0 Å². The Morgan fingerprint density at radius 2 is 1.21 bits per heavy atom. The van der Waals surface area contributed by atoms with Gasteiger partial charge in [-0.3, -0.25) is 0 Å². The summed E-state index contributed by atoms with van der Waals surface area (Å²) in [7, 11) is 0. The fraction of sp³-hybridized carbons (Fsp3) is 0.714. The molecule has 0 spiro atoms. The highest BCUT2D eigenvalue weighted by Gasteiger charge is 2.89. The summed E-state index contributed by atoms with van der Waals surface area (Å²) in [5.74, 6) is -3.63. The van der Waals surface area contributed by atoms with Gasteiger partial charge in [-0.25, -0.2) is 4.79 Å². The molecule has 0 aliphatic carbocycles. The molecule has 0 rings (SSSR count). The molecule has 0 amide bonds. The molecule has 0 aromatic carbocycles. The molecule has 19 heavy (non-hydrogen) atoms. The van der Waals surface area contributed by atoms with Crippen LogP contribution < -0.4 is 0 Å². The van der Waals surface area contributed by atoms with Gasteiger partial charge in [0, 0.05) is 6.21 Å². The third kappa shape index (κ3) is 2.76. The molecular weight excluding hydrogens is 301 g/mol. The van der Waals surface area contributed by atoms with Crippen LogP contribution in [-0.2, 0) is 9.63 Å². The van der Waals surface area contributed by atoms with Gasteiger partial charge in [0.25, 0.3) is 0 Å². The van der Waals surface area contributed by atoms with Crippen molar-refractivity contribution in [2.24, 2.45) is 10.6 Å². The maximum Gasteiger partial charge on any atom is 0.423 e. The number of halogens is 9. The summed E-state index contributed by atoms with van der Waals surface area (Å²) in [4.78, 5) is 13.7. The minimum Gasteiger partial charge on any atom is -0.317 e. The smallest absolute Gasteiger partial charge is 0.317 e. The quantitative estimate of drug-likeness (QED) is 0.340. The number of rotatable bonds is 2. The first-order chi connectivity index (χ1) is 8.23. The van der Waals surface area contributed by atoms with Gasteiger partial charge in [0.15, 0.2) is 0 Å². The minimum absolute atomic E-state index is 0.395. The first-order valence-electron chi connectivity index (χ1n) is 4.13. The first kappa shape index (κ1) is 17.5. The highest BCUT2D eigenvalue weighted by molar-refractivity contribution is 5.80. The van der Waals surface area contributed by atoms with Crippen LogP contribution in [0.1, 0.15) is 6.92 Å². The number of carbonyl (C=O) groups excluding carboxylic acids is 1. The maximum atomic E-state index is 12.3. The van der Waals surface area contributed by atoms with Gasteiger partial charge in [0.05, 0.1) is 0 Å². The predicted molar refractivity (Wildman–Crippen MR) is 40.9 cm³/mol. The number of nitrogens with zero attached hydrogens (tertiary/aromatic N) is 1. The van der Waals surface area contributed by atoms with Gasteiger partial charge in [-0.15, -0.1) is 0 Å². The van der Waals surface area contributed by atoms with Gasteiger partial charge in [-0.05, 0) is 6.92 Å². The average molecular weight is 305 g/mol. The van der Waals surface area contributed by atoms with E-state index >= 15 is 0 Å². The fourth-order valence-corrected chi connectivity index (χ4v) is 0.998. The van der Waals surface area contributed by atoms with E-state index in [1.165, 1.54) is 0 Å². The van der Waals surface area contributed by atoms with Crippen molar-refractivity contribution in [1.82, 2.24) is 0 Å². The van der Waals surface area contributed by atoms with E-state index < -0.39 is 29.9 Å². The minimum atomic E-state index is -7.00. The molecule has 0 saturated carbocycles. The number of hydrogen-bond acceptors (Lipinski definition) is 3. The van der Waals surface area contributed by atoms with Crippen molar-refractivity contribution < 1.29 is 49.1 Å². The topological polar surface area (TPSA) is 38.7 Å². The van der Waals surface area contributed by atoms with Crippen LogP contribution in [0.15, 0.2) is 5.16 Å². The summed E-state index contributed by atoms with van der Waals surface area (Å²) in [6, 6.07) is 0. The van der Waals surface area contributed by atoms with Crippen molar-refractivity contribution in [2.45, 2.75) is 25.5 Å². The Balaban J connectivity index is 6.19. The van der Waals surface area contributed by atoms with Crippen LogP contribution in [0.3, 0.4) is 0 Å². The molecule has 0 unspecified atom stereocenters. The number of oxime groups is 1. The lowest BCUT2D eigenvalue weighted by atomic mass is 9.85. The summed E-state index contributed by atoms with van der Waals surface area (Å²) in [5.41, 5.74) is -6.65. The zero-order valence-corrected chi connectivity index (χ0v) is 8.74. The molecule has 0 saturated heterocycles. The zero-order valence-electron chi connectivity index (χ0n) is 8.74. The van der Waals surface area contributed by atoms with Gasteiger partial charge >= 0.3 is 29.9 Å². The normalized spacial score (nSPS) is 14.8. The van der Waals surface area contributed by atoms with Gasteiger partial charge in [-0.1, -0.05) is 5.16 Å². The Morgan fingerprint density at radius 3 is 1.42 bits per heavy atom. The van der Waals surface area contributed by atoms with Crippen LogP contribution in [0, 0.1) is 5.41 Å². The van der Waals surface area contributed by atoms with Gasteiger partial charge in [0.1, 0.15) is 0 Å². The lowest BCUT2D eigenvalue weighted by Gasteiger charge is -2.35. The van der Waals surface area contributed by atoms with E-state index in [2.05, 4.69) is 9.99 Å². The Morgan fingerprint density at radius 1 is 0.895 bits per heavy atom. The Hall–Kier alpha value is -1.49. The molecule has 0 radical (unpaired) electrons. The number of carbonyl (C=O) groups is 1. The summed E-state index contributed by atoms with van der Waals surface area (Å²) < 4.78 is 110. The van der Waals surface area contributed by atoms with Crippen LogP contribution in [-0.4, -0.2) is 30.7 Å². The van der Waals surface area contributed by atoms with Gasteiger partial charge in [0.2, 0.25) is 0 Å². The Bertz CT molecular complexity index is 328. The van der Waals surface area contributed by atoms with E-state index in [-0.39, 0.29) is 0 Å².